The van der Waals surface area contributed by atoms with Gasteiger partial charge in [0.2, 0.25) is 0 Å². The molecular weight excluding hydrogens is 255 g/mol. The van der Waals surface area contributed by atoms with E-state index in [1.165, 1.54) is 6.08 Å². The number of allylic oxidation sites excluding steroid dienone is 1. The van der Waals surface area contributed by atoms with E-state index in [9.17, 15) is 13.2 Å². The molecule has 0 radical (unpaired) electrons. The molecule has 0 heterocycles. The van der Waals surface area contributed by atoms with Crippen LogP contribution >= 0.6 is 0 Å². The third kappa shape index (κ3) is 17.7. The van der Waals surface area contributed by atoms with Crippen LogP contribution in [0, 0.1) is 6.92 Å². The van der Waals surface area contributed by atoms with Gasteiger partial charge in [-0.25, -0.2) is 24.4 Å². The van der Waals surface area contributed by atoms with Crippen LogP contribution in [0.25, 0.3) is 0 Å². The minimum Gasteiger partial charge on any atom is -0.475 e. The molecule has 0 aromatic heterocycles. The second-order valence-corrected chi connectivity index (χ2v) is 1.09. The summed E-state index contributed by atoms with van der Waals surface area (Å²) in [5.41, 5.74) is 0. The van der Waals surface area contributed by atoms with Crippen molar-refractivity contribution in [3.05, 3.63) is 19.6 Å². The maximum atomic E-state index is 10.6. The first kappa shape index (κ1) is 16.9. The second kappa shape index (κ2) is 7.64. The first-order valence-electron chi connectivity index (χ1n) is 2.06. The van der Waals surface area contributed by atoms with Gasteiger partial charge in [-0.3, -0.25) is 0 Å². The van der Waals surface area contributed by atoms with Crippen LogP contribution in [0.4, 0.5) is 13.2 Å². The van der Waals surface area contributed by atoms with Crippen LogP contribution in [0.3, 0.4) is 0 Å². The third-order valence-electron chi connectivity index (χ3n) is 0.243. The van der Waals surface area contributed by atoms with Gasteiger partial charge in [-0.15, -0.1) is 0 Å². The average Bonchev–Trinajstić information content (AvgIpc) is 1.64. The van der Waals surface area contributed by atoms with Crippen LogP contribution in [0.5, 0.6) is 0 Å². The molecule has 0 aromatic carbocycles. The second-order valence-electron chi connectivity index (χ2n) is 1.09. The van der Waals surface area contributed by atoms with Gasteiger partial charge in [0, 0.05) is 20.4 Å². The summed E-state index contributed by atoms with van der Waals surface area (Å²) in [7, 11) is 0. The molecule has 1 N–H and O–H groups in total. The van der Waals surface area contributed by atoms with E-state index in [-0.39, 0.29) is 20.4 Å². The molecule has 0 amide bonds. The largest absolute Gasteiger partial charge is 0.490 e. The molecular formula is C5H6F3O2Pd-. The molecule has 0 aliphatic carbocycles. The Kier molecular flexibility index (Phi) is 11.7. The first-order chi connectivity index (χ1) is 4.36. The number of carboxylic acids is 1. The van der Waals surface area contributed by atoms with Crippen molar-refractivity contribution in [1.82, 2.24) is 0 Å². The fraction of sp³-hybridized carbons (Fsp3) is 0.200. The van der Waals surface area contributed by atoms with E-state index in [4.69, 9.17) is 9.90 Å². The molecule has 0 aromatic rings. The van der Waals surface area contributed by atoms with Gasteiger partial charge < -0.3 is 5.11 Å². The van der Waals surface area contributed by atoms with Crippen LogP contribution in [-0.2, 0) is 25.2 Å². The van der Waals surface area contributed by atoms with Gasteiger partial charge >= 0.3 is 12.1 Å². The molecule has 0 spiro atoms. The normalized spacial score (nSPS) is 8.27. The summed E-state index contributed by atoms with van der Waals surface area (Å²) in [6.07, 6.45) is -3.58. The van der Waals surface area contributed by atoms with E-state index in [1.54, 1.807) is 0 Å². The number of rotatable bonds is 0. The van der Waals surface area contributed by atoms with E-state index in [0.717, 1.165) is 0 Å². The van der Waals surface area contributed by atoms with Gasteiger partial charge in [0.1, 0.15) is 0 Å². The van der Waals surface area contributed by atoms with Crippen LogP contribution in [0.2, 0.25) is 0 Å². The van der Waals surface area contributed by atoms with E-state index >= 15 is 0 Å². The zero-order valence-corrected chi connectivity index (χ0v) is 6.85. The summed E-state index contributed by atoms with van der Waals surface area (Å²) in [6.45, 7) is 6.50. The monoisotopic (exact) mass is 261 g/mol. The molecule has 0 saturated carbocycles. The fourth-order valence-corrected chi connectivity index (χ4v) is 0. The molecule has 11 heavy (non-hydrogen) atoms. The van der Waals surface area contributed by atoms with E-state index < -0.39 is 12.1 Å². The van der Waals surface area contributed by atoms with Gasteiger partial charge in [0.05, 0.1) is 0 Å². The summed E-state index contributed by atoms with van der Waals surface area (Å²) >= 11 is 0. The third-order valence-corrected chi connectivity index (χ3v) is 0.243. The summed E-state index contributed by atoms with van der Waals surface area (Å²) < 4.78 is 31.7. The van der Waals surface area contributed by atoms with Gasteiger partial charge in [0.25, 0.3) is 0 Å². The molecule has 0 bridgehead atoms. The van der Waals surface area contributed by atoms with Crippen molar-refractivity contribution in [2.24, 2.45) is 0 Å². The van der Waals surface area contributed by atoms with Crippen molar-refractivity contribution in [1.29, 1.82) is 0 Å². The number of carboxylic acid groups (broad SMARTS) is 1. The van der Waals surface area contributed by atoms with Gasteiger partial charge in [0.15, 0.2) is 0 Å². The summed E-state index contributed by atoms with van der Waals surface area (Å²) in [6, 6.07) is 0. The Bertz CT molecular complexity index is 121. The quantitative estimate of drug-likeness (QED) is 0.532. The number of halogens is 3. The Morgan fingerprint density at radius 3 is 1.64 bits per heavy atom. The molecule has 0 rings (SSSR count). The van der Waals surface area contributed by atoms with Crippen molar-refractivity contribution >= 4 is 5.97 Å². The Hall–Kier alpha value is -0.468. The summed E-state index contributed by atoms with van der Waals surface area (Å²) in [5.74, 6) is -2.76. The van der Waals surface area contributed by atoms with Gasteiger partial charge in [-0.2, -0.15) is 13.2 Å². The topological polar surface area (TPSA) is 37.3 Å². The summed E-state index contributed by atoms with van der Waals surface area (Å²) in [5, 5.41) is 7.12. The van der Waals surface area contributed by atoms with Crippen molar-refractivity contribution in [3.8, 4) is 0 Å². The molecule has 0 saturated heterocycles. The maximum Gasteiger partial charge on any atom is 0.490 e. The Labute approximate surface area is 75.7 Å². The van der Waals surface area contributed by atoms with Crippen LogP contribution in [0.15, 0.2) is 12.7 Å². The number of carbonyl (C=O) groups is 1. The molecule has 6 heteroatoms. The predicted molar refractivity (Wildman–Crippen MR) is 29.2 cm³/mol. The average molecular weight is 262 g/mol. The van der Waals surface area contributed by atoms with Crippen molar-refractivity contribution in [2.45, 2.75) is 6.18 Å². The van der Waals surface area contributed by atoms with E-state index in [1.807, 2.05) is 0 Å². The van der Waals surface area contributed by atoms with Crippen LogP contribution in [0.1, 0.15) is 0 Å². The van der Waals surface area contributed by atoms with Crippen LogP contribution in [-0.4, -0.2) is 17.3 Å². The van der Waals surface area contributed by atoms with Crippen LogP contribution < -0.4 is 0 Å². The Balaban J connectivity index is -0.000000140. The molecule has 70 valence electrons. The predicted octanol–water partition coefficient (Wildman–Crippen LogP) is 1.64. The molecule has 2 nitrogen and oxygen atoms in total. The molecule has 0 aliphatic rings. The zero-order chi connectivity index (χ0) is 8.78. The number of hydrogen-bond acceptors (Lipinski definition) is 1. The van der Waals surface area contributed by atoms with Gasteiger partial charge in [-0.05, 0) is 0 Å². The Morgan fingerprint density at radius 2 is 1.64 bits per heavy atom. The number of hydrogen-bond donors (Lipinski definition) is 1. The van der Waals surface area contributed by atoms with E-state index in [0.29, 0.717) is 0 Å². The number of alkyl halides is 3. The minimum atomic E-state index is -5.08. The zero-order valence-electron chi connectivity index (χ0n) is 5.30. The minimum absolute atomic E-state index is 0. The van der Waals surface area contributed by atoms with Crippen molar-refractivity contribution < 1.29 is 43.5 Å². The van der Waals surface area contributed by atoms with Crippen molar-refractivity contribution in [2.75, 3.05) is 0 Å². The molecule has 0 unspecified atom stereocenters. The maximum absolute atomic E-state index is 10.6. The fourth-order valence-electron chi connectivity index (χ4n) is 0. The van der Waals surface area contributed by atoms with Gasteiger partial charge in [-0.1, -0.05) is 0 Å². The first-order valence-corrected chi connectivity index (χ1v) is 2.06. The van der Waals surface area contributed by atoms with E-state index in [2.05, 4.69) is 13.5 Å². The Morgan fingerprint density at radius 1 is 1.55 bits per heavy atom. The number of aliphatic carboxylic acids is 1. The SMILES string of the molecule is C=C[CH2-].O=C(O)C(F)(F)F.[Pd]. The molecule has 0 aliphatic heterocycles. The van der Waals surface area contributed by atoms with Crippen molar-refractivity contribution in [3.63, 3.8) is 0 Å². The standard InChI is InChI=1S/C3H5.C2HF3O2.Pd/c1-3-2;3-2(4,5)1(6)7;/h3H,1-2H2;(H,6,7);/q-1;;. The smallest absolute Gasteiger partial charge is 0.475 e. The molecule has 0 fully saturated rings. The summed E-state index contributed by atoms with van der Waals surface area (Å²) in [4.78, 5) is 8.90. The molecule has 0 atom stereocenters.